The second-order valence-electron chi connectivity index (χ2n) is 4.87. The Balaban J connectivity index is 1.83. The number of rotatable bonds is 3. The van der Waals surface area contributed by atoms with Crippen LogP contribution < -0.4 is 5.32 Å². The second kappa shape index (κ2) is 5.61. The maximum absolute atomic E-state index is 12.3. The monoisotopic (exact) mass is 365 g/mol. The molecule has 0 unspecified atom stereocenters. The molecule has 0 radical (unpaired) electrons. The molecule has 0 bridgehead atoms. The lowest BCUT2D eigenvalue weighted by Crippen LogP contribution is -2.11. The Labute approximate surface area is 133 Å². The van der Waals surface area contributed by atoms with Gasteiger partial charge in [0.25, 0.3) is 5.91 Å². The zero-order valence-electron chi connectivity index (χ0n) is 11.0. The number of fused-ring (bicyclic) bond motifs is 1. The Bertz CT molecular complexity index is 717. The molecular weight excluding hydrogens is 354 g/mol. The number of amides is 1. The van der Waals surface area contributed by atoms with E-state index < -0.39 is 5.97 Å². The number of carbonyl (C=O) groups is 2. The highest BCUT2D eigenvalue weighted by atomic mass is 79.9. The first-order chi connectivity index (χ1) is 10.0. The summed E-state index contributed by atoms with van der Waals surface area (Å²) in [7, 11) is 0. The predicted octanol–water partition coefficient (Wildman–Crippen LogP) is 3.95. The molecule has 2 N–H and O–H groups in total. The topological polar surface area (TPSA) is 66.4 Å². The second-order valence-corrected chi connectivity index (χ2v) is 6.86. The summed E-state index contributed by atoms with van der Waals surface area (Å²) in [6.07, 6.45) is 3.25. The minimum atomic E-state index is -1.02. The average molecular weight is 366 g/mol. The molecule has 0 saturated heterocycles. The summed E-state index contributed by atoms with van der Waals surface area (Å²) in [4.78, 5) is 25.2. The number of hydrogen-bond acceptors (Lipinski definition) is 3. The van der Waals surface area contributed by atoms with Gasteiger partial charge < -0.3 is 10.4 Å². The first-order valence-electron chi connectivity index (χ1n) is 6.50. The van der Waals surface area contributed by atoms with Gasteiger partial charge in [0.1, 0.15) is 0 Å². The normalized spacial score (nSPS) is 13.0. The van der Waals surface area contributed by atoms with Crippen LogP contribution in [0.3, 0.4) is 0 Å². The molecule has 21 heavy (non-hydrogen) atoms. The highest BCUT2D eigenvalue weighted by molar-refractivity contribution is 9.10. The van der Waals surface area contributed by atoms with Crippen LogP contribution in [-0.4, -0.2) is 17.0 Å². The molecule has 108 valence electrons. The van der Waals surface area contributed by atoms with E-state index in [-0.39, 0.29) is 11.5 Å². The molecule has 1 heterocycles. The molecule has 0 fully saturated rings. The number of anilines is 1. The molecule has 2 aromatic rings. The van der Waals surface area contributed by atoms with Gasteiger partial charge in [-0.05, 0) is 65.0 Å². The molecule has 1 aliphatic carbocycles. The largest absolute Gasteiger partial charge is 0.478 e. The van der Waals surface area contributed by atoms with Crippen molar-refractivity contribution in [2.75, 3.05) is 5.32 Å². The van der Waals surface area contributed by atoms with E-state index in [0.717, 1.165) is 19.3 Å². The molecular formula is C15H12BrNO3S. The van der Waals surface area contributed by atoms with Crippen LogP contribution in [0.15, 0.2) is 28.7 Å². The summed E-state index contributed by atoms with van der Waals surface area (Å²) in [5.74, 6) is -1.22. The average Bonchev–Trinajstić information content (AvgIpc) is 3.01. The molecule has 1 amide bonds. The van der Waals surface area contributed by atoms with Crippen LogP contribution in [0.2, 0.25) is 0 Å². The Morgan fingerprint density at radius 3 is 2.76 bits per heavy atom. The van der Waals surface area contributed by atoms with E-state index in [1.54, 1.807) is 6.07 Å². The standard InChI is InChI=1S/C15H12BrNO3S/c16-10-5-4-9(15(19)20)6-11(10)17-14(18)13-7-8-2-1-3-12(8)21-13/h4-7H,1-3H2,(H,17,18)(H,19,20). The van der Waals surface area contributed by atoms with Gasteiger partial charge >= 0.3 is 5.97 Å². The number of aryl methyl sites for hydroxylation is 2. The summed E-state index contributed by atoms with van der Waals surface area (Å²) in [6.45, 7) is 0. The summed E-state index contributed by atoms with van der Waals surface area (Å²) in [6, 6.07) is 6.50. The smallest absolute Gasteiger partial charge is 0.335 e. The Hall–Kier alpha value is -1.66. The van der Waals surface area contributed by atoms with Gasteiger partial charge in [0.05, 0.1) is 16.1 Å². The number of aromatic carboxylic acids is 1. The van der Waals surface area contributed by atoms with Crippen molar-refractivity contribution < 1.29 is 14.7 Å². The maximum Gasteiger partial charge on any atom is 0.335 e. The fourth-order valence-corrected chi connectivity index (χ4v) is 3.87. The third kappa shape index (κ3) is 2.87. The van der Waals surface area contributed by atoms with Gasteiger partial charge in [-0.3, -0.25) is 4.79 Å². The van der Waals surface area contributed by atoms with Crippen LogP contribution in [0, 0.1) is 0 Å². The Kier molecular flexibility index (Phi) is 3.82. The number of thiophene rings is 1. The van der Waals surface area contributed by atoms with Gasteiger partial charge in [-0.15, -0.1) is 11.3 Å². The zero-order valence-corrected chi connectivity index (χ0v) is 13.4. The Morgan fingerprint density at radius 1 is 1.24 bits per heavy atom. The zero-order chi connectivity index (χ0) is 15.0. The summed E-state index contributed by atoms with van der Waals surface area (Å²) in [5.41, 5.74) is 1.87. The van der Waals surface area contributed by atoms with Crippen LogP contribution in [0.5, 0.6) is 0 Å². The van der Waals surface area contributed by atoms with Crippen molar-refractivity contribution in [1.29, 1.82) is 0 Å². The third-order valence-corrected chi connectivity index (χ3v) is 5.36. The van der Waals surface area contributed by atoms with Crippen LogP contribution in [0.4, 0.5) is 5.69 Å². The minimum Gasteiger partial charge on any atom is -0.478 e. The van der Waals surface area contributed by atoms with E-state index in [2.05, 4.69) is 21.2 Å². The molecule has 0 aliphatic heterocycles. The van der Waals surface area contributed by atoms with Crippen molar-refractivity contribution in [2.24, 2.45) is 0 Å². The Morgan fingerprint density at radius 2 is 2.05 bits per heavy atom. The molecule has 0 spiro atoms. The predicted molar refractivity (Wildman–Crippen MR) is 85.4 cm³/mol. The van der Waals surface area contributed by atoms with Gasteiger partial charge in [0.15, 0.2) is 0 Å². The lowest BCUT2D eigenvalue weighted by atomic mass is 10.2. The molecule has 0 atom stereocenters. The number of carboxylic acids is 1. The molecule has 6 heteroatoms. The van der Waals surface area contributed by atoms with Gasteiger partial charge in [0.2, 0.25) is 0 Å². The first-order valence-corrected chi connectivity index (χ1v) is 8.11. The van der Waals surface area contributed by atoms with Crippen LogP contribution in [0.25, 0.3) is 0 Å². The summed E-state index contributed by atoms with van der Waals surface area (Å²) < 4.78 is 0.657. The van der Waals surface area contributed by atoms with E-state index in [9.17, 15) is 9.59 Å². The fraction of sp³-hybridized carbons (Fsp3) is 0.200. The number of benzene rings is 1. The van der Waals surface area contributed by atoms with Crippen molar-refractivity contribution in [3.05, 3.63) is 49.6 Å². The lowest BCUT2D eigenvalue weighted by Gasteiger charge is -2.07. The number of halogens is 1. The van der Waals surface area contributed by atoms with Crippen molar-refractivity contribution in [1.82, 2.24) is 0 Å². The van der Waals surface area contributed by atoms with Crippen molar-refractivity contribution in [3.63, 3.8) is 0 Å². The van der Waals surface area contributed by atoms with Crippen molar-refractivity contribution >= 4 is 44.8 Å². The van der Waals surface area contributed by atoms with Crippen LogP contribution >= 0.6 is 27.3 Å². The maximum atomic E-state index is 12.3. The van der Waals surface area contributed by atoms with Gasteiger partial charge in [-0.1, -0.05) is 0 Å². The minimum absolute atomic E-state index is 0.141. The highest BCUT2D eigenvalue weighted by Gasteiger charge is 2.19. The number of nitrogens with one attached hydrogen (secondary N) is 1. The summed E-state index contributed by atoms with van der Waals surface area (Å²) >= 11 is 4.84. The number of carboxylic acid groups (broad SMARTS) is 1. The van der Waals surface area contributed by atoms with E-state index in [1.165, 1.54) is 33.9 Å². The summed E-state index contributed by atoms with van der Waals surface area (Å²) in [5, 5.41) is 11.8. The lowest BCUT2D eigenvalue weighted by molar-refractivity contribution is 0.0696. The first kappa shape index (κ1) is 14.3. The van der Waals surface area contributed by atoms with Crippen molar-refractivity contribution in [2.45, 2.75) is 19.3 Å². The van der Waals surface area contributed by atoms with Gasteiger partial charge in [-0.2, -0.15) is 0 Å². The molecule has 1 aromatic carbocycles. The highest BCUT2D eigenvalue weighted by Crippen LogP contribution is 2.31. The number of hydrogen-bond donors (Lipinski definition) is 2. The third-order valence-electron chi connectivity index (χ3n) is 3.43. The van der Waals surface area contributed by atoms with Gasteiger partial charge in [0, 0.05) is 9.35 Å². The SMILES string of the molecule is O=C(O)c1ccc(Br)c(NC(=O)c2cc3c(s2)CCC3)c1. The molecule has 4 nitrogen and oxygen atoms in total. The molecule has 3 rings (SSSR count). The van der Waals surface area contributed by atoms with Crippen LogP contribution in [0.1, 0.15) is 36.9 Å². The van der Waals surface area contributed by atoms with Crippen LogP contribution in [-0.2, 0) is 12.8 Å². The quantitative estimate of drug-likeness (QED) is 0.865. The van der Waals surface area contributed by atoms with E-state index in [4.69, 9.17) is 5.11 Å². The van der Waals surface area contributed by atoms with Crippen molar-refractivity contribution in [3.8, 4) is 0 Å². The molecule has 1 aromatic heterocycles. The van der Waals surface area contributed by atoms with E-state index in [1.807, 2.05) is 6.07 Å². The molecule has 1 aliphatic rings. The van der Waals surface area contributed by atoms with E-state index in [0.29, 0.717) is 15.0 Å². The molecule has 0 saturated carbocycles. The number of carbonyl (C=O) groups excluding carboxylic acids is 1. The van der Waals surface area contributed by atoms with Gasteiger partial charge in [-0.25, -0.2) is 4.79 Å². The fourth-order valence-electron chi connectivity index (χ4n) is 2.38. The van der Waals surface area contributed by atoms with E-state index >= 15 is 0 Å².